The van der Waals surface area contributed by atoms with Gasteiger partial charge in [-0.3, -0.25) is 0 Å². The van der Waals surface area contributed by atoms with Crippen LogP contribution in [-0.4, -0.2) is 31.4 Å². The molecule has 0 aliphatic rings. The summed E-state index contributed by atoms with van der Waals surface area (Å²) >= 11 is 0. The molecule has 0 spiro atoms. The summed E-state index contributed by atoms with van der Waals surface area (Å²) in [6, 6.07) is 8.10. The Labute approximate surface area is 79.2 Å². The van der Waals surface area contributed by atoms with Crippen molar-refractivity contribution >= 4 is 5.69 Å². The molecule has 0 aromatic heterocycles. The van der Waals surface area contributed by atoms with E-state index >= 15 is 0 Å². The second-order valence-corrected chi connectivity index (χ2v) is 3.38. The van der Waals surface area contributed by atoms with Gasteiger partial charge in [-0.25, -0.2) is 0 Å². The fraction of sp³-hybridized carbons (Fsp3) is 0.400. The molecule has 1 aromatic carbocycles. The number of hydroxylamine groups is 2. The number of benzene rings is 1. The zero-order chi connectivity index (χ0) is 9.84. The van der Waals surface area contributed by atoms with Gasteiger partial charge in [0, 0.05) is 33.4 Å². The van der Waals surface area contributed by atoms with Gasteiger partial charge in [0.1, 0.15) is 0 Å². The third-order valence-electron chi connectivity index (χ3n) is 1.84. The van der Waals surface area contributed by atoms with E-state index in [1.165, 1.54) is 5.06 Å². The van der Waals surface area contributed by atoms with Gasteiger partial charge in [-0.15, -0.1) is 0 Å². The van der Waals surface area contributed by atoms with Gasteiger partial charge in [0.05, 0.1) is 0 Å². The Balaban J connectivity index is 2.79. The minimum Gasteiger partial charge on any atom is -0.378 e. The molecular formula is C10H16N2O. The summed E-state index contributed by atoms with van der Waals surface area (Å²) in [4.78, 5) is 2.04. The van der Waals surface area contributed by atoms with E-state index < -0.39 is 0 Å². The minimum atomic E-state index is 0.557. The lowest BCUT2D eigenvalue weighted by atomic mass is 10.2. The number of hydrogen-bond acceptors (Lipinski definition) is 3. The second-order valence-electron chi connectivity index (χ2n) is 3.38. The molecule has 1 rings (SSSR count). The Hall–Kier alpha value is -1.06. The van der Waals surface area contributed by atoms with Gasteiger partial charge < -0.3 is 10.1 Å². The lowest BCUT2D eigenvalue weighted by Crippen LogP contribution is -2.13. The van der Waals surface area contributed by atoms with E-state index in [1.807, 2.05) is 37.2 Å². The van der Waals surface area contributed by atoms with E-state index in [0.29, 0.717) is 6.54 Å². The maximum absolute atomic E-state index is 9.06. The first-order chi connectivity index (χ1) is 6.09. The molecule has 0 unspecified atom stereocenters. The highest BCUT2D eigenvalue weighted by atomic mass is 16.5. The van der Waals surface area contributed by atoms with Gasteiger partial charge in [0.25, 0.3) is 0 Å². The van der Waals surface area contributed by atoms with Gasteiger partial charge in [-0.05, 0) is 17.7 Å². The number of rotatable bonds is 3. The monoisotopic (exact) mass is 180 g/mol. The Morgan fingerprint density at radius 2 is 1.92 bits per heavy atom. The molecule has 3 nitrogen and oxygen atoms in total. The number of hydrogen-bond donors (Lipinski definition) is 1. The van der Waals surface area contributed by atoms with Crippen LogP contribution in [0.5, 0.6) is 0 Å². The van der Waals surface area contributed by atoms with Gasteiger partial charge in [-0.2, -0.15) is 5.06 Å². The molecule has 1 N–H and O–H groups in total. The van der Waals surface area contributed by atoms with E-state index in [4.69, 9.17) is 5.21 Å². The highest BCUT2D eigenvalue weighted by molar-refractivity contribution is 5.46. The van der Waals surface area contributed by atoms with Crippen molar-refractivity contribution in [1.29, 1.82) is 0 Å². The van der Waals surface area contributed by atoms with Crippen molar-refractivity contribution in [3.8, 4) is 0 Å². The Kier molecular flexibility index (Phi) is 3.28. The fourth-order valence-electron chi connectivity index (χ4n) is 1.20. The smallest absolute Gasteiger partial charge is 0.0486 e. The van der Waals surface area contributed by atoms with Crippen LogP contribution in [0.4, 0.5) is 5.69 Å². The quantitative estimate of drug-likeness (QED) is 0.715. The molecule has 3 heteroatoms. The molecule has 0 radical (unpaired) electrons. The summed E-state index contributed by atoms with van der Waals surface area (Å²) in [5.41, 5.74) is 2.26. The molecule has 0 aliphatic heterocycles. The molecule has 0 fully saturated rings. The molecule has 1 aromatic rings. The average Bonchev–Trinajstić information content (AvgIpc) is 2.03. The molecule has 0 heterocycles. The minimum absolute atomic E-state index is 0.557. The molecule has 72 valence electrons. The van der Waals surface area contributed by atoms with Gasteiger partial charge >= 0.3 is 0 Å². The predicted octanol–water partition coefficient (Wildman–Crippen LogP) is 1.57. The number of nitrogens with zero attached hydrogens (tertiary/aromatic N) is 2. The highest BCUT2D eigenvalue weighted by Crippen LogP contribution is 2.13. The number of anilines is 1. The van der Waals surface area contributed by atoms with Crippen molar-refractivity contribution in [2.45, 2.75) is 6.54 Å². The van der Waals surface area contributed by atoms with Gasteiger partial charge in [0.15, 0.2) is 0 Å². The van der Waals surface area contributed by atoms with Crippen LogP contribution < -0.4 is 4.90 Å². The molecule has 0 saturated carbocycles. The van der Waals surface area contributed by atoms with Crippen molar-refractivity contribution in [2.24, 2.45) is 0 Å². The van der Waals surface area contributed by atoms with Crippen LogP contribution >= 0.6 is 0 Å². The van der Waals surface area contributed by atoms with Gasteiger partial charge in [-0.1, -0.05) is 12.1 Å². The van der Waals surface area contributed by atoms with Crippen molar-refractivity contribution in [1.82, 2.24) is 5.06 Å². The zero-order valence-corrected chi connectivity index (χ0v) is 8.36. The zero-order valence-electron chi connectivity index (χ0n) is 8.36. The topological polar surface area (TPSA) is 26.7 Å². The van der Waals surface area contributed by atoms with Crippen LogP contribution in [0.3, 0.4) is 0 Å². The van der Waals surface area contributed by atoms with Crippen LogP contribution in [0.2, 0.25) is 0 Å². The maximum Gasteiger partial charge on any atom is 0.0486 e. The van der Waals surface area contributed by atoms with Crippen LogP contribution in [-0.2, 0) is 6.54 Å². The van der Waals surface area contributed by atoms with Crippen molar-refractivity contribution in [2.75, 3.05) is 26.0 Å². The summed E-state index contributed by atoms with van der Waals surface area (Å²) in [6.07, 6.45) is 0. The lowest BCUT2D eigenvalue weighted by molar-refractivity contribution is -0.0731. The van der Waals surface area contributed by atoms with E-state index in [1.54, 1.807) is 7.05 Å². The summed E-state index contributed by atoms with van der Waals surface area (Å²) in [5, 5.41) is 10.2. The van der Waals surface area contributed by atoms with Crippen molar-refractivity contribution < 1.29 is 5.21 Å². The van der Waals surface area contributed by atoms with Gasteiger partial charge in [0.2, 0.25) is 0 Å². The molecule has 0 aliphatic carbocycles. The van der Waals surface area contributed by atoms with E-state index in [-0.39, 0.29) is 0 Å². The standard InChI is InChI=1S/C10H16N2O/c1-11(2)10-6-4-5-9(7-10)8-12(3)13/h4-7,13H,8H2,1-3H3. The molecule has 0 amide bonds. The van der Waals surface area contributed by atoms with E-state index in [2.05, 4.69) is 6.07 Å². The molecule has 13 heavy (non-hydrogen) atoms. The Morgan fingerprint density at radius 1 is 1.23 bits per heavy atom. The first-order valence-electron chi connectivity index (χ1n) is 4.26. The highest BCUT2D eigenvalue weighted by Gasteiger charge is 1.99. The Bertz CT molecular complexity index is 271. The normalized spacial score (nSPS) is 10.5. The van der Waals surface area contributed by atoms with Crippen molar-refractivity contribution in [3.05, 3.63) is 29.8 Å². The summed E-state index contributed by atoms with van der Waals surface area (Å²) < 4.78 is 0. The average molecular weight is 180 g/mol. The van der Waals surface area contributed by atoms with E-state index in [9.17, 15) is 0 Å². The summed E-state index contributed by atoms with van der Waals surface area (Å²) in [6.45, 7) is 0.557. The molecule has 0 atom stereocenters. The van der Waals surface area contributed by atoms with Crippen molar-refractivity contribution in [3.63, 3.8) is 0 Å². The van der Waals surface area contributed by atoms with E-state index in [0.717, 1.165) is 11.3 Å². The SMILES string of the molecule is CN(O)Cc1cccc(N(C)C)c1. The largest absolute Gasteiger partial charge is 0.378 e. The first kappa shape index (κ1) is 10.0. The second kappa shape index (κ2) is 4.25. The fourth-order valence-corrected chi connectivity index (χ4v) is 1.20. The maximum atomic E-state index is 9.06. The van der Waals surface area contributed by atoms with Crippen LogP contribution in [0.25, 0.3) is 0 Å². The van der Waals surface area contributed by atoms with Crippen LogP contribution in [0.15, 0.2) is 24.3 Å². The predicted molar refractivity (Wildman–Crippen MR) is 54.0 cm³/mol. The van der Waals surface area contributed by atoms with Crippen LogP contribution in [0.1, 0.15) is 5.56 Å². The Morgan fingerprint density at radius 3 is 2.46 bits per heavy atom. The summed E-state index contributed by atoms with van der Waals surface area (Å²) in [7, 11) is 5.64. The molecule has 0 bridgehead atoms. The third-order valence-corrected chi connectivity index (χ3v) is 1.84. The third kappa shape index (κ3) is 3.05. The molecule has 0 saturated heterocycles. The van der Waals surface area contributed by atoms with Crippen LogP contribution in [0, 0.1) is 0 Å². The lowest BCUT2D eigenvalue weighted by Gasteiger charge is -2.14. The first-order valence-corrected chi connectivity index (χ1v) is 4.26. The summed E-state index contributed by atoms with van der Waals surface area (Å²) in [5.74, 6) is 0. The molecular weight excluding hydrogens is 164 g/mol.